The molecule has 0 aromatic heterocycles. The molecule has 1 heterocycles. The summed E-state index contributed by atoms with van der Waals surface area (Å²) in [4.78, 5) is 9.47. The van der Waals surface area contributed by atoms with Crippen LogP contribution in [-0.2, 0) is 12.8 Å². The van der Waals surface area contributed by atoms with E-state index in [0.29, 0.717) is 12.5 Å². The molecule has 0 fully saturated rings. The molecule has 1 atom stereocenters. The number of hydrogen-bond acceptors (Lipinski definition) is 3. The van der Waals surface area contributed by atoms with Crippen LogP contribution in [-0.4, -0.2) is 18.6 Å². The molecule has 1 aromatic rings. The summed E-state index contributed by atoms with van der Waals surface area (Å²) >= 11 is 7.41. The molecular weight excluding hydrogens is 394 g/mol. The zero-order chi connectivity index (χ0) is 15.0. The summed E-state index contributed by atoms with van der Waals surface area (Å²) in [6.07, 6.45) is 7.30. The standard InChI is InChI=1S/C16H19Br2N3/c1-9-11-5-2-4-10-8-12(11)15(14(18)13(9)17)21-16(10)20-7-3-6-19/h7,10H,2-6,8,19H2,1H3/b20-7+. The van der Waals surface area contributed by atoms with Crippen molar-refractivity contribution in [2.75, 3.05) is 6.54 Å². The molecule has 3 nitrogen and oxygen atoms in total. The van der Waals surface area contributed by atoms with Gasteiger partial charge in [-0.25, -0.2) is 9.98 Å². The van der Waals surface area contributed by atoms with Crippen LogP contribution < -0.4 is 5.73 Å². The summed E-state index contributed by atoms with van der Waals surface area (Å²) in [5, 5.41) is 0. The van der Waals surface area contributed by atoms with Gasteiger partial charge >= 0.3 is 0 Å². The maximum Gasteiger partial charge on any atom is 0.131 e. The molecular formula is C16H19Br2N3. The highest BCUT2D eigenvalue weighted by Gasteiger charge is 2.30. The Bertz CT molecular complexity index is 635. The van der Waals surface area contributed by atoms with Crippen molar-refractivity contribution in [2.24, 2.45) is 21.6 Å². The van der Waals surface area contributed by atoms with Crippen molar-refractivity contribution in [3.8, 4) is 0 Å². The first-order valence-electron chi connectivity index (χ1n) is 7.44. The third-order valence-electron chi connectivity index (χ3n) is 4.37. The number of fused-ring (bicyclic) bond motifs is 1. The molecule has 1 unspecified atom stereocenters. The highest BCUT2D eigenvalue weighted by molar-refractivity contribution is 9.13. The van der Waals surface area contributed by atoms with E-state index in [0.717, 1.165) is 39.7 Å². The number of amidine groups is 1. The zero-order valence-electron chi connectivity index (χ0n) is 12.1. The van der Waals surface area contributed by atoms with E-state index >= 15 is 0 Å². The van der Waals surface area contributed by atoms with Gasteiger partial charge in [0.2, 0.25) is 0 Å². The van der Waals surface area contributed by atoms with Gasteiger partial charge in [0.1, 0.15) is 5.84 Å². The smallest absolute Gasteiger partial charge is 0.131 e. The predicted octanol–water partition coefficient (Wildman–Crippen LogP) is 4.48. The number of nitrogens with zero attached hydrogens (tertiary/aromatic N) is 2. The molecule has 3 rings (SSSR count). The van der Waals surface area contributed by atoms with Crippen molar-refractivity contribution in [2.45, 2.75) is 39.0 Å². The molecule has 1 aromatic carbocycles. The molecule has 0 saturated carbocycles. The summed E-state index contributed by atoms with van der Waals surface area (Å²) in [5.41, 5.74) is 10.9. The number of halogens is 2. The topological polar surface area (TPSA) is 50.7 Å². The summed E-state index contributed by atoms with van der Waals surface area (Å²) in [6, 6.07) is 0. The molecule has 0 radical (unpaired) electrons. The number of nitrogens with two attached hydrogens (primary N) is 1. The summed E-state index contributed by atoms with van der Waals surface area (Å²) in [6.45, 7) is 2.83. The first-order valence-corrected chi connectivity index (χ1v) is 9.02. The molecule has 1 aliphatic heterocycles. The molecule has 2 aliphatic rings. The van der Waals surface area contributed by atoms with Crippen molar-refractivity contribution in [3.63, 3.8) is 0 Å². The number of aliphatic imine (C=N–C) groups is 2. The van der Waals surface area contributed by atoms with Gasteiger partial charge in [0.15, 0.2) is 0 Å². The first-order chi connectivity index (χ1) is 10.1. The lowest BCUT2D eigenvalue weighted by atomic mass is 9.90. The monoisotopic (exact) mass is 411 g/mol. The minimum Gasteiger partial charge on any atom is -0.330 e. The maximum absolute atomic E-state index is 5.54. The second-order valence-electron chi connectivity index (χ2n) is 5.71. The fourth-order valence-corrected chi connectivity index (χ4v) is 4.30. The van der Waals surface area contributed by atoms with Gasteiger partial charge in [0.05, 0.1) is 10.2 Å². The maximum atomic E-state index is 5.54. The highest BCUT2D eigenvalue weighted by Crippen LogP contribution is 2.46. The molecule has 21 heavy (non-hydrogen) atoms. The molecule has 5 heteroatoms. The third kappa shape index (κ3) is 2.76. The predicted molar refractivity (Wildman–Crippen MR) is 96.0 cm³/mol. The van der Waals surface area contributed by atoms with E-state index in [2.05, 4.69) is 43.8 Å². The van der Waals surface area contributed by atoms with Crippen molar-refractivity contribution < 1.29 is 0 Å². The van der Waals surface area contributed by atoms with Gasteiger partial charge in [-0.2, -0.15) is 0 Å². The first kappa shape index (κ1) is 15.4. The third-order valence-corrected chi connectivity index (χ3v) is 6.67. The van der Waals surface area contributed by atoms with Gasteiger partial charge in [0.25, 0.3) is 0 Å². The van der Waals surface area contributed by atoms with E-state index in [-0.39, 0.29) is 0 Å². The molecule has 1 aliphatic carbocycles. The number of benzene rings is 1. The zero-order valence-corrected chi connectivity index (χ0v) is 15.3. The second kappa shape index (κ2) is 6.31. The van der Waals surface area contributed by atoms with Crippen LogP contribution in [0, 0.1) is 12.8 Å². The lowest BCUT2D eigenvalue weighted by Gasteiger charge is -2.24. The molecule has 112 valence electrons. The van der Waals surface area contributed by atoms with Crippen LogP contribution in [0.4, 0.5) is 5.69 Å². The van der Waals surface area contributed by atoms with E-state index in [1.165, 1.54) is 29.5 Å². The Kier molecular flexibility index (Phi) is 4.62. The molecule has 2 bridgehead atoms. The Morgan fingerprint density at radius 2 is 2.14 bits per heavy atom. The lowest BCUT2D eigenvalue weighted by molar-refractivity contribution is 0.603. The Morgan fingerprint density at radius 3 is 2.90 bits per heavy atom. The summed E-state index contributed by atoms with van der Waals surface area (Å²) in [7, 11) is 0. The van der Waals surface area contributed by atoms with Crippen LogP contribution in [0.25, 0.3) is 0 Å². The molecule has 0 amide bonds. The second-order valence-corrected chi connectivity index (χ2v) is 7.30. The molecule has 0 saturated heterocycles. The van der Waals surface area contributed by atoms with Gasteiger partial charge in [-0.1, -0.05) is 0 Å². The average Bonchev–Trinajstić information content (AvgIpc) is 2.68. The molecule has 0 spiro atoms. The van der Waals surface area contributed by atoms with Crippen LogP contribution >= 0.6 is 31.9 Å². The van der Waals surface area contributed by atoms with Crippen LogP contribution in [0.1, 0.15) is 36.0 Å². The summed E-state index contributed by atoms with van der Waals surface area (Å²) < 4.78 is 2.19. The number of hydrogen-bond donors (Lipinski definition) is 1. The lowest BCUT2D eigenvalue weighted by Crippen LogP contribution is -2.19. The van der Waals surface area contributed by atoms with Crippen LogP contribution in [0.3, 0.4) is 0 Å². The van der Waals surface area contributed by atoms with Crippen molar-refractivity contribution in [1.82, 2.24) is 0 Å². The van der Waals surface area contributed by atoms with Crippen molar-refractivity contribution in [1.29, 1.82) is 0 Å². The quantitative estimate of drug-likeness (QED) is 0.715. The van der Waals surface area contributed by atoms with E-state index in [1.807, 2.05) is 6.21 Å². The highest BCUT2D eigenvalue weighted by atomic mass is 79.9. The van der Waals surface area contributed by atoms with Gasteiger partial charge in [-0.3, -0.25) is 0 Å². The fraction of sp³-hybridized carbons (Fsp3) is 0.500. The van der Waals surface area contributed by atoms with Gasteiger partial charge in [-0.15, -0.1) is 0 Å². The summed E-state index contributed by atoms with van der Waals surface area (Å²) in [5.74, 6) is 1.43. The van der Waals surface area contributed by atoms with Crippen LogP contribution in [0.15, 0.2) is 18.9 Å². The van der Waals surface area contributed by atoms with Gasteiger partial charge < -0.3 is 5.73 Å². The SMILES string of the molecule is Cc1c(Br)c(Br)c2c3c1CCCC(C3)C(/N=C/CCN)=N2. The Labute approximate surface area is 142 Å². The average molecular weight is 413 g/mol. The molecule has 2 N–H and O–H groups in total. The van der Waals surface area contributed by atoms with E-state index in [9.17, 15) is 0 Å². The van der Waals surface area contributed by atoms with Crippen LogP contribution in [0.5, 0.6) is 0 Å². The Hall–Kier alpha value is -0.520. The van der Waals surface area contributed by atoms with E-state index < -0.39 is 0 Å². The largest absolute Gasteiger partial charge is 0.330 e. The normalized spacial score (nSPS) is 20.6. The van der Waals surface area contributed by atoms with Crippen LogP contribution in [0.2, 0.25) is 0 Å². The Balaban J connectivity index is 2.13. The minimum atomic E-state index is 0.459. The van der Waals surface area contributed by atoms with Gasteiger partial charge in [-0.05, 0) is 94.1 Å². The van der Waals surface area contributed by atoms with Gasteiger partial charge in [0, 0.05) is 16.6 Å². The fourth-order valence-electron chi connectivity index (χ4n) is 3.24. The van der Waals surface area contributed by atoms with Crippen molar-refractivity contribution in [3.05, 3.63) is 25.6 Å². The van der Waals surface area contributed by atoms with Crippen molar-refractivity contribution >= 4 is 49.6 Å². The Morgan fingerprint density at radius 1 is 1.33 bits per heavy atom. The van der Waals surface area contributed by atoms with E-state index in [1.54, 1.807) is 0 Å². The minimum absolute atomic E-state index is 0.459. The van der Waals surface area contributed by atoms with E-state index in [4.69, 9.17) is 10.7 Å². The number of rotatable bonds is 2.